The molecule has 14 heteroatoms. The number of rotatable bonds is 9. The number of thiophene rings is 2. The van der Waals surface area contributed by atoms with Crippen molar-refractivity contribution in [3.8, 4) is 0 Å². The van der Waals surface area contributed by atoms with E-state index in [0.717, 1.165) is 22.1 Å². The molecule has 2 aromatic heterocycles. The van der Waals surface area contributed by atoms with Crippen LogP contribution in [0.4, 0.5) is 17.1 Å². The van der Waals surface area contributed by atoms with Gasteiger partial charge >= 0.3 is 5.97 Å². The Morgan fingerprint density at radius 3 is 1.59 bits per heavy atom. The molecule has 10 nitrogen and oxygen atoms in total. The van der Waals surface area contributed by atoms with Gasteiger partial charge in [0, 0.05) is 5.69 Å². The van der Waals surface area contributed by atoms with E-state index in [9.17, 15) is 26.4 Å². The fraction of sp³-hybridized carbons (Fsp3) is 0. The maximum atomic E-state index is 12.7. The van der Waals surface area contributed by atoms with Crippen molar-refractivity contribution in [1.82, 2.24) is 0 Å². The molecule has 46 heavy (non-hydrogen) atoms. The largest absolute Gasteiger partial charge is 0.477 e. The zero-order valence-corrected chi connectivity index (χ0v) is 26.9. The highest BCUT2D eigenvalue weighted by molar-refractivity contribution is 7.93. The highest BCUT2D eigenvalue weighted by Crippen LogP contribution is 2.28. The summed E-state index contributed by atoms with van der Waals surface area (Å²) in [5.41, 5.74) is 0.984. The zero-order valence-electron chi connectivity index (χ0n) is 23.7. The Bertz CT molecular complexity index is 2220. The molecule has 0 saturated carbocycles. The van der Waals surface area contributed by atoms with Gasteiger partial charge in [0.05, 0.1) is 21.2 Å². The Labute approximate surface area is 273 Å². The first-order chi connectivity index (χ1) is 22.0. The van der Waals surface area contributed by atoms with E-state index in [0.29, 0.717) is 10.6 Å². The average molecular weight is 692 g/mol. The summed E-state index contributed by atoms with van der Waals surface area (Å²) in [5.74, 6) is -1.52. The summed E-state index contributed by atoms with van der Waals surface area (Å²) >= 11 is 2.14. The second-order valence-electron chi connectivity index (χ2n) is 9.49. The van der Waals surface area contributed by atoms with Crippen molar-refractivity contribution in [3.05, 3.63) is 136 Å². The molecule has 0 fully saturated rings. The molecule has 0 saturated heterocycles. The van der Waals surface area contributed by atoms with Crippen LogP contribution < -0.4 is 14.8 Å². The molecule has 1 amide bonds. The number of hydrogen-bond donors (Lipinski definition) is 4. The van der Waals surface area contributed by atoms with Crippen molar-refractivity contribution in [1.29, 1.82) is 0 Å². The molecule has 4 aromatic carbocycles. The minimum Gasteiger partial charge on any atom is -0.477 e. The number of carbonyl (C=O) groups excluding carboxylic acids is 1. The molecule has 0 radical (unpaired) electrons. The van der Waals surface area contributed by atoms with E-state index < -0.39 is 26.0 Å². The third kappa shape index (κ3) is 7.79. The van der Waals surface area contributed by atoms with Gasteiger partial charge in [-0.2, -0.15) is 0 Å². The van der Waals surface area contributed by atoms with Crippen LogP contribution in [0.25, 0.3) is 10.8 Å². The fourth-order valence-corrected chi connectivity index (χ4v) is 7.93. The Hall–Kier alpha value is -5.02. The van der Waals surface area contributed by atoms with E-state index in [1.54, 1.807) is 47.8 Å². The third-order valence-corrected chi connectivity index (χ3v) is 10.9. The molecular formula is C32H25N3O7S4. The monoisotopic (exact) mass is 691 g/mol. The number of amides is 1. The summed E-state index contributed by atoms with van der Waals surface area (Å²) < 4.78 is 53.8. The third-order valence-electron chi connectivity index (χ3n) is 6.33. The van der Waals surface area contributed by atoms with E-state index in [4.69, 9.17) is 5.11 Å². The van der Waals surface area contributed by atoms with Gasteiger partial charge in [-0.1, -0.05) is 66.7 Å². The Balaban J connectivity index is 0.000000200. The first kappa shape index (κ1) is 32.4. The van der Waals surface area contributed by atoms with Gasteiger partial charge in [0.15, 0.2) is 0 Å². The molecule has 0 bridgehead atoms. The van der Waals surface area contributed by atoms with E-state index in [2.05, 4.69) is 14.8 Å². The number of carboxylic acids is 1. The topological polar surface area (TPSA) is 159 Å². The Morgan fingerprint density at radius 2 is 1.04 bits per heavy atom. The summed E-state index contributed by atoms with van der Waals surface area (Å²) in [6, 6.07) is 32.3. The van der Waals surface area contributed by atoms with Gasteiger partial charge < -0.3 is 10.4 Å². The Kier molecular flexibility index (Phi) is 9.82. The van der Waals surface area contributed by atoms with Crippen LogP contribution in [0, 0.1) is 0 Å². The zero-order chi connectivity index (χ0) is 32.7. The standard InChI is InChI=1S/C21H16N2O3S2.C11H9NO4S2/c24-21(22-17-11-10-15-6-4-5-7-16(15)14-17)20-19(12-13-27-20)23-28(25,26)18-8-2-1-3-9-18;13-11(14)10-9(6-7-17-10)12-18(15,16)8-4-2-1-3-5-8/h1-14,23H,(H,22,24);1-7,12H,(H,13,14). The number of aromatic carboxylic acids is 1. The summed E-state index contributed by atoms with van der Waals surface area (Å²) in [5, 5.41) is 17.0. The molecule has 0 spiro atoms. The van der Waals surface area contributed by atoms with Crippen LogP contribution in [0.2, 0.25) is 0 Å². The lowest BCUT2D eigenvalue weighted by atomic mass is 10.1. The van der Waals surface area contributed by atoms with Gasteiger partial charge in [-0.05, 0) is 70.1 Å². The lowest BCUT2D eigenvalue weighted by Gasteiger charge is -2.10. The molecule has 0 unspecified atom stereocenters. The average Bonchev–Trinajstić information content (AvgIpc) is 3.71. The smallest absolute Gasteiger partial charge is 0.348 e. The molecule has 2 heterocycles. The molecule has 0 aliphatic heterocycles. The number of sulfonamides is 2. The fourth-order valence-electron chi connectivity index (χ4n) is 4.18. The van der Waals surface area contributed by atoms with Crippen molar-refractivity contribution >= 4 is 82.4 Å². The minimum atomic E-state index is -3.76. The number of benzene rings is 4. The summed E-state index contributed by atoms with van der Waals surface area (Å²) in [4.78, 5) is 24.1. The number of hydrogen-bond acceptors (Lipinski definition) is 8. The van der Waals surface area contributed by atoms with E-state index >= 15 is 0 Å². The molecule has 6 aromatic rings. The summed E-state index contributed by atoms with van der Waals surface area (Å²) in [6.07, 6.45) is 0. The van der Waals surface area contributed by atoms with Crippen LogP contribution in [0.1, 0.15) is 19.3 Å². The maximum Gasteiger partial charge on any atom is 0.348 e. The highest BCUT2D eigenvalue weighted by atomic mass is 32.2. The molecule has 6 rings (SSSR count). The van der Waals surface area contributed by atoms with Gasteiger partial charge in [0.1, 0.15) is 9.75 Å². The molecule has 234 valence electrons. The van der Waals surface area contributed by atoms with Crippen LogP contribution in [0.3, 0.4) is 0 Å². The number of fused-ring (bicyclic) bond motifs is 1. The van der Waals surface area contributed by atoms with Crippen molar-refractivity contribution in [2.24, 2.45) is 0 Å². The van der Waals surface area contributed by atoms with E-state index in [1.807, 2.05) is 42.5 Å². The maximum absolute atomic E-state index is 12.7. The first-order valence-electron chi connectivity index (χ1n) is 13.4. The molecule has 0 aliphatic carbocycles. The second-order valence-corrected chi connectivity index (χ2v) is 14.7. The summed E-state index contributed by atoms with van der Waals surface area (Å²) in [6.45, 7) is 0. The number of anilines is 3. The van der Waals surface area contributed by atoms with Crippen LogP contribution in [-0.4, -0.2) is 33.8 Å². The first-order valence-corrected chi connectivity index (χ1v) is 18.1. The number of carboxylic acid groups (broad SMARTS) is 1. The van der Waals surface area contributed by atoms with Crippen LogP contribution in [0.5, 0.6) is 0 Å². The molecular weight excluding hydrogens is 667 g/mol. The van der Waals surface area contributed by atoms with Gasteiger partial charge in [0.25, 0.3) is 26.0 Å². The normalized spacial score (nSPS) is 11.2. The van der Waals surface area contributed by atoms with Crippen LogP contribution in [0.15, 0.2) is 136 Å². The van der Waals surface area contributed by atoms with E-state index in [-0.39, 0.29) is 32.0 Å². The molecule has 0 aliphatic rings. The van der Waals surface area contributed by atoms with Crippen molar-refractivity contribution in [2.75, 3.05) is 14.8 Å². The lowest BCUT2D eigenvalue weighted by molar-refractivity contribution is 0.0703. The van der Waals surface area contributed by atoms with Gasteiger partial charge in [-0.25, -0.2) is 21.6 Å². The van der Waals surface area contributed by atoms with Gasteiger partial charge in [-0.15, -0.1) is 22.7 Å². The summed E-state index contributed by atoms with van der Waals surface area (Å²) in [7, 11) is -7.51. The molecule has 0 atom stereocenters. The van der Waals surface area contributed by atoms with E-state index in [1.165, 1.54) is 47.0 Å². The van der Waals surface area contributed by atoms with Crippen LogP contribution >= 0.6 is 22.7 Å². The predicted octanol–water partition coefficient (Wildman–Crippen LogP) is 7.20. The van der Waals surface area contributed by atoms with Gasteiger partial charge in [0.2, 0.25) is 0 Å². The van der Waals surface area contributed by atoms with Crippen molar-refractivity contribution in [2.45, 2.75) is 9.79 Å². The van der Waals surface area contributed by atoms with Gasteiger partial charge in [-0.3, -0.25) is 14.2 Å². The van der Waals surface area contributed by atoms with Crippen molar-refractivity contribution in [3.63, 3.8) is 0 Å². The second kappa shape index (κ2) is 14.0. The number of nitrogens with one attached hydrogen (secondary N) is 3. The molecule has 4 N–H and O–H groups in total. The number of carbonyl (C=O) groups is 2. The lowest BCUT2D eigenvalue weighted by Crippen LogP contribution is -2.17. The Morgan fingerprint density at radius 1 is 0.565 bits per heavy atom. The van der Waals surface area contributed by atoms with Crippen molar-refractivity contribution < 1.29 is 31.5 Å². The van der Waals surface area contributed by atoms with Crippen LogP contribution in [-0.2, 0) is 20.0 Å². The highest BCUT2D eigenvalue weighted by Gasteiger charge is 2.21. The SMILES string of the molecule is O=C(Nc1ccc2ccccc2c1)c1sccc1NS(=O)(=O)c1ccccc1.O=C(O)c1sccc1NS(=O)(=O)c1ccccc1. The minimum absolute atomic E-state index is 0.0329. The quantitative estimate of drug-likeness (QED) is 0.125. The predicted molar refractivity (Wildman–Crippen MR) is 182 cm³/mol.